The highest BCUT2D eigenvalue weighted by molar-refractivity contribution is 8.15. The van der Waals surface area contributed by atoms with Gasteiger partial charge in [0.2, 0.25) is 12.3 Å². The van der Waals surface area contributed by atoms with E-state index in [4.69, 9.17) is 4.74 Å². The van der Waals surface area contributed by atoms with Crippen LogP contribution in [0.15, 0.2) is 72.8 Å². The smallest absolute Gasteiger partial charge is 0.286 e. The first kappa shape index (κ1) is 21.3. The van der Waals surface area contributed by atoms with Crippen LogP contribution in [0.5, 0.6) is 11.5 Å². The second-order valence-electron chi connectivity index (χ2n) is 8.08. The van der Waals surface area contributed by atoms with Crippen molar-refractivity contribution in [3.05, 3.63) is 95.1 Å². The number of benzene rings is 3. The maximum atomic E-state index is 12.2. The van der Waals surface area contributed by atoms with Gasteiger partial charge >= 0.3 is 0 Å². The molecule has 1 fully saturated rings. The van der Waals surface area contributed by atoms with Gasteiger partial charge in [-0.3, -0.25) is 19.7 Å². The summed E-state index contributed by atoms with van der Waals surface area (Å²) in [5.41, 5.74) is 4.04. The maximum absolute atomic E-state index is 12.2. The summed E-state index contributed by atoms with van der Waals surface area (Å²) in [6, 6.07) is 23.4. The Kier molecular flexibility index (Phi) is 5.88. The van der Waals surface area contributed by atoms with E-state index in [1.807, 2.05) is 77.7 Å². The molecule has 0 unspecified atom stereocenters. The van der Waals surface area contributed by atoms with E-state index >= 15 is 0 Å². The van der Waals surface area contributed by atoms with Crippen molar-refractivity contribution in [2.45, 2.75) is 24.1 Å². The van der Waals surface area contributed by atoms with Crippen molar-refractivity contribution in [2.24, 2.45) is 0 Å². The number of hydrogen-bond donors (Lipinski definition) is 1. The molecule has 2 aliphatic heterocycles. The molecule has 3 amide bonds. The van der Waals surface area contributed by atoms with Gasteiger partial charge in [-0.2, -0.15) is 0 Å². The molecule has 0 bridgehead atoms. The fraction of sp³-hybridized carbons (Fsp3) is 0.192. The van der Waals surface area contributed by atoms with E-state index in [1.165, 1.54) is 0 Å². The van der Waals surface area contributed by atoms with Crippen LogP contribution < -0.4 is 10.1 Å². The molecule has 2 heterocycles. The monoisotopic (exact) mass is 458 g/mol. The Labute approximate surface area is 195 Å². The average molecular weight is 459 g/mol. The number of fused-ring (bicyclic) bond motifs is 2. The Hall–Kier alpha value is -3.58. The van der Waals surface area contributed by atoms with Crippen LogP contribution in [0, 0.1) is 0 Å². The second-order valence-corrected chi connectivity index (χ2v) is 9.25. The summed E-state index contributed by atoms with van der Waals surface area (Å²) in [7, 11) is 0. The molecule has 33 heavy (non-hydrogen) atoms. The lowest BCUT2D eigenvalue weighted by Gasteiger charge is -2.34. The van der Waals surface area contributed by atoms with Crippen molar-refractivity contribution >= 4 is 29.3 Å². The molecule has 0 aliphatic carbocycles. The number of amides is 3. The quantitative estimate of drug-likeness (QED) is 0.529. The lowest BCUT2D eigenvalue weighted by atomic mass is 9.93. The molecule has 1 atom stereocenters. The Balaban J connectivity index is 1.30. The van der Waals surface area contributed by atoms with Gasteiger partial charge in [-0.05, 0) is 36.1 Å². The standard InChI is InChI=1S/C26H22N2O4S/c29-16-28(24-19-5-1-3-7-21(19)32-22-8-4-2-6-20(22)24)14-13-17-9-11-18(12-10-17)15-23-25(30)27-26(31)33-23/h1-12,16,23-24H,13-15H2,(H,27,30,31)/t23-/m1/s1. The van der Waals surface area contributed by atoms with E-state index in [0.717, 1.165) is 51.9 Å². The third-order valence-electron chi connectivity index (χ3n) is 5.98. The van der Waals surface area contributed by atoms with Crippen molar-refractivity contribution in [3.63, 3.8) is 0 Å². The fourth-order valence-corrected chi connectivity index (χ4v) is 5.19. The van der Waals surface area contributed by atoms with Gasteiger partial charge in [0.15, 0.2) is 0 Å². The van der Waals surface area contributed by atoms with Crippen LogP contribution in [0.4, 0.5) is 4.79 Å². The summed E-state index contributed by atoms with van der Waals surface area (Å²) in [4.78, 5) is 37.1. The van der Waals surface area contributed by atoms with Crippen LogP contribution in [0.2, 0.25) is 0 Å². The molecule has 0 radical (unpaired) electrons. The topological polar surface area (TPSA) is 75.7 Å². The lowest BCUT2D eigenvalue weighted by Crippen LogP contribution is -2.32. The number of ether oxygens (including phenoxy) is 1. The molecule has 0 saturated carbocycles. The van der Waals surface area contributed by atoms with Crippen LogP contribution in [0.1, 0.15) is 28.3 Å². The highest BCUT2D eigenvalue weighted by atomic mass is 32.2. The van der Waals surface area contributed by atoms with Gasteiger partial charge in [0.05, 0.1) is 11.3 Å². The van der Waals surface area contributed by atoms with Gasteiger partial charge in [-0.15, -0.1) is 0 Å². The van der Waals surface area contributed by atoms with Crippen LogP contribution in [0.3, 0.4) is 0 Å². The Morgan fingerprint density at radius 3 is 2.06 bits per heavy atom. The first-order valence-corrected chi connectivity index (χ1v) is 11.7. The molecular weight excluding hydrogens is 436 g/mol. The minimum Gasteiger partial charge on any atom is -0.457 e. The molecular formula is C26H22N2O4S. The second kappa shape index (κ2) is 9.11. The SMILES string of the molecule is O=CN(CCc1ccc(C[C@H]2SC(=O)NC2=O)cc1)C1c2ccccc2Oc2ccccc21. The number of rotatable bonds is 7. The normalized spacial score (nSPS) is 17.0. The maximum Gasteiger partial charge on any atom is 0.286 e. The van der Waals surface area contributed by atoms with Gasteiger partial charge in [0.1, 0.15) is 11.5 Å². The van der Waals surface area contributed by atoms with Crippen molar-refractivity contribution in [3.8, 4) is 11.5 Å². The molecule has 3 aromatic rings. The Morgan fingerprint density at radius 2 is 1.48 bits per heavy atom. The van der Waals surface area contributed by atoms with Gasteiger partial charge in [-0.1, -0.05) is 72.4 Å². The van der Waals surface area contributed by atoms with E-state index in [-0.39, 0.29) is 22.4 Å². The van der Waals surface area contributed by atoms with Crippen molar-refractivity contribution in [1.82, 2.24) is 10.2 Å². The van der Waals surface area contributed by atoms with E-state index in [9.17, 15) is 14.4 Å². The van der Waals surface area contributed by atoms with Crippen LogP contribution >= 0.6 is 11.8 Å². The highest BCUT2D eigenvalue weighted by Crippen LogP contribution is 2.45. The molecule has 5 rings (SSSR count). The van der Waals surface area contributed by atoms with Crippen molar-refractivity contribution < 1.29 is 19.1 Å². The molecule has 166 valence electrons. The minimum absolute atomic E-state index is 0.210. The molecule has 0 spiro atoms. The Bertz CT molecular complexity index is 1170. The minimum atomic E-state index is -0.373. The zero-order valence-electron chi connectivity index (χ0n) is 17.8. The first-order valence-electron chi connectivity index (χ1n) is 10.8. The van der Waals surface area contributed by atoms with E-state index in [2.05, 4.69) is 5.32 Å². The van der Waals surface area contributed by atoms with Crippen LogP contribution in [-0.2, 0) is 22.4 Å². The fourth-order valence-electron chi connectivity index (χ4n) is 4.33. The lowest BCUT2D eigenvalue weighted by molar-refractivity contribution is -0.120. The summed E-state index contributed by atoms with van der Waals surface area (Å²) in [6.07, 6.45) is 2.11. The summed E-state index contributed by atoms with van der Waals surface area (Å²) < 4.78 is 6.05. The number of nitrogens with zero attached hydrogens (tertiary/aromatic N) is 1. The number of thioether (sulfide) groups is 1. The predicted molar refractivity (Wildman–Crippen MR) is 126 cm³/mol. The third-order valence-corrected chi connectivity index (χ3v) is 6.97. The van der Waals surface area contributed by atoms with Crippen LogP contribution in [-0.4, -0.2) is 34.3 Å². The molecule has 7 heteroatoms. The average Bonchev–Trinajstić information content (AvgIpc) is 3.16. The summed E-state index contributed by atoms with van der Waals surface area (Å²) in [6.45, 7) is 0.547. The number of nitrogens with one attached hydrogen (secondary N) is 1. The predicted octanol–water partition coefficient (Wildman–Crippen LogP) is 4.48. The first-order chi connectivity index (χ1) is 16.1. The van der Waals surface area contributed by atoms with Crippen LogP contribution in [0.25, 0.3) is 0 Å². The van der Waals surface area contributed by atoms with E-state index in [1.54, 1.807) is 0 Å². The molecule has 6 nitrogen and oxygen atoms in total. The zero-order valence-corrected chi connectivity index (χ0v) is 18.6. The zero-order chi connectivity index (χ0) is 22.8. The van der Waals surface area contributed by atoms with Gasteiger partial charge in [0, 0.05) is 17.7 Å². The molecule has 3 aromatic carbocycles. The Morgan fingerprint density at radius 1 is 0.879 bits per heavy atom. The van der Waals surface area contributed by atoms with Gasteiger partial charge < -0.3 is 9.64 Å². The number of hydrogen-bond acceptors (Lipinski definition) is 5. The third kappa shape index (κ3) is 4.36. The molecule has 1 saturated heterocycles. The summed E-state index contributed by atoms with van der Waals surface area (Å²) in [5.74, 6) is 1.31. The summed E-state index contributed by atoms with van der Waals surface area (Å²) in [5, 5.41) is 1.66. The molecule has 1 N–H and O–H groups in total. The highest BCUT2D eigenvalue weighted by Gasteiger charge is 2.32. The summed E-state index contributed by atoms with van der Waals surface area (Å²) >= 11 is 1.04. The number of carbonyl (C=O) groups is 3. The largest absolute Gasteiger partial charge is 0.457 e. The van der Waals surface area contributed by atoms with E-state index < -0.39 is 0 Å². The number of para-hydroxylation sites is 2. The molecule has 2 aliphatic rings. The van der Waals surface area contributed by atoms with Gasteiger partial charge in [0.25, 0.3) is 5.24 Å². The number of imide groups is 1. The van der Waals surface area contributed by atoms with Crippen molar-refractivity contribution in [1.29, 1.82) is 0 Å². The molecule has 0 aromatic heterocycles. The van der Waals surface area contributed by atoms with Crippen molar-refractivity contribution in [2.75, 3.05) is 6.54 Å². The van der Waals surface area contributed by atoms with Gasteiger partial charge in [-0.25, -0.2) is 0 Å². The number of carbonyl (C=O) groups excluding carboxylic acids is 3. The van der Waals surface area contributed by atoms with E-state index in [0.29, 0.717) is 19.4 Å².